The lowest BCUT2D eigenvalue weighted by Gasteiger charge is -2.22. The minimum absolute atomic E-state index is 0.0523. The summed E-state index contributed by atoms with van der Waals surface area (Å²) in [6.07, 6.45) is 1.17. The van der Waals surface area contributed by atoms with E-state index in [0.29, 0.717) is 6.54 Å². The van der Waals surface area contributed by atoms with Gasteiger partial charge in [-0.25, -0.2) is 4.39 Å². The van der Waals surface area contributed by atoms with Crippen LogP contribution in [0.15, 0.2) is 18.2 Å². The number of hydrogen-bond donors (Lipinski definition) is 1. The number of nitrogens with one attached hydrogen (secondary N) is 1. The first-order valence-corrected chi connectivity index (χ1v) is 7.49. The Morgan fingerprint density at radius 1 is 1.24 bits per heavy atom. The van der Waals surface area contributed by atoms with Crippen LogP contribution in [-0.4, -0.2) is 46.1 Å². The molecule has 0 bridgehead atoms. The molecule has 1 saturated heterocycles. The molecule has 1 aromatic carbocycles. The summed E-state index contributed by atoms with van der Waals surface area (Å²) in [4.78, 5) is 2.21. The summed E-state index contributed by atoms with van der Waals surface area (Å²) in [5.74, 6) is -0.196. The lowest BCUT2D eigenvalue weighted by atomic mass is 10.1. The number of ether oxygens (including phenoxy) is 2. The van der Waals surface area contributed by atoms with Gasteiger partial charge in [-0.2, -0.15) is 0 Å². The van der Waals surface area contributed by atoms with E-state index in [0.717, 1.165) is 37.3 Å². The van der Waals surface area contributed by atoms with E-state index in [1.54, 1.807) is 20.3 Å². The number of halogens is 1. The van der Waals surface area contributed by atoms with E-state index in [4.69, 9.17) is 9.47 Å². The summed E-state index contributed by atoms with van der Waals surface area (Å²) in [6, 6.07) is 4.98. The van der Waals surface area contributed by atoms with Gasteiger partial charge in [0.1, 0.15) is 18.0 Å². The SMILES string of the molecule is CCCNCc1cc(F)ccc1N1CC(OC)C(OC)C1. The molecule has 2 unspecified atom stereocenters. The summed E-state index contributed by atoms with van der Waals surface area (Å²) in [7, 11) is 3.41. The molecule has 0 saturated carbocycles. The van der Waals surface area contributed by atoms with Crippen molar-refractivity contribution in [3.05, 3.63) is 29.6 Å². The van der Waals surface area contributed by atoms with Gasteiger partial charge in [-0.1, -0.05) is 6.92 Å². The van der Waals surface area contributed by atoms with E-state index < -0.39 is 0 Å². The maximum atomic E-state index is 13.5. The Balaban J connectivity index is 2.15. The summed E-state index contributed by atoms with van der Waals surface area (Å²) in [5.41, 5.74) is 2.04. The van der Waals surface area contributed by atoms with Gasteiger partial charge in [0.2, 0.25) is 0 Å². The van der Waals surface area contributed by atoms with Crippen molar-refractivity contribution in [2.45, 2.75) is 32.1 Å². The highest BCUT2D eigenvalue weighted by Crippen LogP contribution is 2.27. The van der Waals surface area contributed by atoms with Crippen LogP contribution in [0.25, 0.3) is 0 Å². The number of anilines is 1. The highest BCUT2D eigenvalue weighted by atomic mass is 19.1. The fourth-order valence-corrected chi connectivity index (χ4v) is 2.80. The molecule has 1 heterocycles. The van der Waals surface area contributed by atoms with Crippen LogP contribution in [0, 0.1) is 5.82 Å². The van der Waals surface area contributed by atoms with E-state index >= 15 is 0 Å². The first-order chi connectivity index (χ1) is 10.2. The molecule has 118 valence electrons. The molecule has 0 spiro atoms. The third kappa shape index (κ3) is 3.93. The molecule has 1 N–H and O–H groups in total. The highest BCUT2D eigenvalue weighted by molar-refractivity contribution is 5.55. The van der Waals surface area contributed by atoms with Crippen molar-refractivity contribution in [3.63, 3.8) is 0 Å². The maximum Gasteiger partial charge on any atom is 0.123 e. The van der Waals surface area contributed by atoms with E-state index in [2.05, 4.69) is 17.1 Å². The fraction of sp³-hybridized carbons (Fsp3) is 0.625. The average Bonchev–Trinajstić information content (AvgIpc) is 2.91. The molecular weight excluding hydrogens is 271 g/mol. The lowest BCUT2D eigenvalue weighted by Crippen LogP contribution is -2.27. The smallest absolute Gasteiger partial charge is 0.123 e. The quantitative estimate of drug-likeness (QED) is 0.782. The Bertz CT molecular complexity index is 444. The van der Waals surface area contributed by atoms with Crippen LogP contribution in [-0.2, 0) is 16.0 Å². The standard InChI is InChI=1S/C16H25FN2O2/c1-4-7-18-9-12-8-13(17)5-6-14(12)19-10-15(20-2)16(11-19)21-3/h5-6,8,15-16,18H,4,7,9-11H2,1-3H3. The van der Waals surface area contributed by atoms with Crippen LogP contribution in [0.4, 0.5) is 10.1 Å². The Morgan fingerprint density at radius 2 is 1.90 bits per heavy atom. The fourth-order valence-electron chi connectivity index (χ4n) is 2.80. The van der Waals surface area contributed by atoms with Crippen molar-refractivity contribution in [1.29, 1.82) is 0 Å². The van der Waals surface area contributed by atoms with Gasteiger partial charge < -0.3 is 19.7 Å². The van der Waals surface area contributed by atoms with Gasteiger partial charge >= 0.3 is 0 Å². The molecular formula is C16H25FN2O2. The molecule has 0 aromatic heterocycles. The van der Waals surface area contributed by atoms with Gasteiger partial charge in [0.05, 0.1) is 0 Å². The monoisotopic (exact) mass is 296 g/mol. The lowest BCUT2D eigenvalue weighted by molar-refractivity contribution is -0.00461. The molecule has 1 aliphatic rings. The number of nitrogens with zero attached hydrogens (tertiary/aromatic N) is 1. The predicted octanol–water partition coefficient (Wildman–Crippen LogP) is 2.18. The predicted molar refractivity (Wildman–Crippen MR) is 82.2 cm³/mol. The molecule has 1 aromatic rings. The minimum Gasteiger partial charge on any atom is -0.377 e. The molecule has 1 fully saturated rings. The van der Waals surface area contributed by atoms with Crippen molar-refractivity contribution in [1.82, 2.24) is 5.32 Å². The molecule has 4 nitrogen and oxygen atoms in total. The van der Waals surface area contributed by atoms with Gasteiger partial charge in [-0.15, -0.1) is 0 Å². The van der Waals surface area contributed by atoms with Crippen molar-refractivity contribution >= 4 is 5.69 Å². The molecule has 21 heavy (non-hydrogen) atoms. The molecule has 2 rings (SSSR count). The Hall–Kier alpha value is -1.17. The second-order valence-corrected chi connectivity index (χ2v) is 5.40. The first kappa shape index (κ1) is 16.2. The van der Waals surface area contributed by atoms with Crippen LogP contribution in [0.2, 0.25) is 0 Å². The third-order valence-electron chi connectivity index (χ3n) is 3.95. The normalized spacial score (nSPS) is 22.0. The summed E-state index contributed by atoms with van der Waals surface area (Å²) < 4.78 is 24.5. The minimum atomic E-state index is -0.196. The van der Waals surface area contributed by atoms with E-state index in [-0.39, 0.29) is 18.0 Å². The van der Waals surface area contributed by atoms with E-state index in [9.17, 15) is 4.39 Å². The largest absolute Gasteiger partial charge is 0.377 e. The van der Waals surface area contributed by atoms with E-state index in [1.165, 1.54) is 6.07 Å². The molecule has 5 heteroatoms. The first-order valence-electron chi connectivity index (χ1n) is 7.49. The Morgan fingerprint density at radius 3 is 2.48 bits per heavy atom. The maximum absolute atomic E-state index is 13.5. The van der Waals surface area contributed by atoms with Crippen LogP contribution < -0.4 is 10.2 Å². The van der Waals surface area contributed by atoms with Gasteiger partial charge in [-0.3, -0.25) is 0 Å². The zero-order chi connectivity index (χ0) is 15.2. The number of methoxy groups -OCH3 is 2. The van der Waals surface area contributed by atoms with Crippen molar-refractivity contribution in [2.24, 2.45) is 0 Å². The number of benzene rings is 1. The van der Waals surface area contributed by atoms with Crippen molar-refractivity contribution < 1.29 is 13.9 Å². The molecule has 0 radical (unpaired) electrons. The van der Waals surface area contributed by atoms with Crippen LogP contribution >= 0.6 is 0 Å². The zero-order valence-corrected chi connectivity index (χ0v) is 13.1. The Kier molecular flexibility index (Phi) is 5.96. The summed E-state index contributed by atoms with van der Waals surface area (Å²) >= 11 is 0. The average molecular weight is 296 g/mol. The topological polar surface area (TPSA) is 33.7 Å². The van der Waals surface area contributed by atoms with Crippen LogP contribution in [0.3, 0.4) is 0 Å². The van der Waals surface area contributed by atoms with Crippen LogP contribution in [0.1, 0.15) is 18.9 Å². The van der Waals surface area contributed by atoms with Crippen LogP contribution in [0.5, 0.6) is 0 Å². The summed E-state index contributed by atoms with van der Waals surface area (Å²) in [6.45, 7) is 5.25. The molecule has 0 amide bonds. The zero-order valence-electron chi connectivity index (χ0n) is 13.1. The van der Waals surface area contributed by atoms with Crippen molar-refractivity contribution in [3.8, 4) is 0 Å². The van der Waals surface area contributed by atoms with Gasteiger partial charge in [0, 0.05) is 39.5 Å². The second kappa shape index (κ2) is 7.73. The van der Waals surface area contributed by atoms with Gasteiger partial charge in [0.15, 0.2) is 0 Å². The van der Waals surface area contributed by atoms with Crippen molar-refractivity contribution in [2.75, 3.05) is 38.8 Å². The number of rotatable bonds is 7. The van der Waals surface area contributed by atoms with Gasteiger partial charge in [-0.05, 0) is 36.7 Å². The Labute approximate surface area is 126 Å². The van der Waals surface area contributed by atoms with Gasteiger partial charge in [0.25, 0.3) is 0 Å². The molecule has 0 aliphatic carbocycles. The summed E-state index contributed by atoms with van der Waals surface area (Å²) in [5, 5.41) is 3.34. The second-order valence-electron chi connectivity index (χ2n) is 5.40. The van der Waals surface area contributed by atoms with E-state index in [1.807, 2.05) is 6.07 Å². The highest BCUT2D eigenvalue weighted by Gasteiger charge is 2.33. The molecule has 2 atom stereocenters. The molecule has 1 aliphatic heterocycles. The number of hydrogen-bond acceptors (Lipinski definition) is 4. The third-order valence-corrected chi connectivity index (χ3v) is 3.95.